The van der Waals surface area contributed by atoms with Crippen molar-refractivity contribution in [2.75, 3.05) is 74.7 Å². The second-order valence-electron chi connectivity index (χ2n) is 4.04. The third kappa shape index (κ3) is 10.3. The molecule has 1 unspecified atom stereocenters. The number of hydrogen-bond acceptors (Lipinski definition) is 7. The highest BCUT2D eigenvalue weighted by Crippen LogP contribution is 2.66. The van der Waals surface area contributed by atoms with Gasteiger partial charge < -0.3 is 27.8 Å². The lowest BCUT2D eigenvalue weighted by molar-refractivity contribution is 0.120. The first kappa shape index (κ1) is 22.5. The molecular formula is C11H27ClN2O6P2. The molecule has 0 aromatic carbocycles. The van der Waals surface area contributed by atoms with Gasteiger partial charge in [0.05, 0.1) is 39.6 Å². The van der Waals surface area contributed by atoms with E-state index in [1.807, 2.05) is 0 Å². The highest BCUT2D eigenvalue weighted by Gasteiger charge is 2.24. The third-order valence-electron chi connectivity index (χ3n) is 2.30. The van der Waals surface area contributed by atoms with Crippen LogP contribution in [0.5, 0.6) is 0 Å². The molecule has 0 amide bonds. The molecule has 11 heteroatoms. The number of rotatable bonds is 13. The molecule has 8 nitrogen and oxygen atoms in total. The molecule has 0 rings (SSSR count). The van der Waals surface area contributed by atoms with Crippen molar-refractivity contribution in [2.45, 2.75) is 0 Å². The molecule has 1 atom stereocenters. The van der Waals surface area contributed by atoms with Crippen molar-refractivity contribution in [3.8, 4) is 0 Å². The molecule has 0 heterocycles. The summed E-state index contributed by atoms with van der Waals surface area (Å²) in [6.07, 6.45) is 0. The van der Waals surface area contributed by atoms with Crippen LogP contribution < -0.4 is 0 Å². The van der Waals surface area contributed by atoms with Gasteiger partial charge in [-0.25, -0.2) is 4.74 Å². The lowest BCUT2D eigenvalue weighted by Gasteiger charge is -2.23. The first-order valence-electron chi connectivity index (χ1n) is 6.67. The molecule has 0 spiro atoms. The average Bonchev–Trinajstić information content (AvgIpc) is 2.48. The minimum absolute atomic E-state index is 0.296. The Morgan fingerprint density at radius 2 is 1.18 bits per heavy atom. The number of hydrogen-bond donors (Lipinski definition) is 0. The van der Waals surface area contributed by atoms with Crippen LogP contribution in [0.4, 0.5) is 0 Å². The van der Waals surface area contributed by atoms with Crippen LogP contribution >= 0.6 is 25.5 Å². The van der Waals surface area contributed by atoms with Gasteiger partial charge in [0.2, 0.25) is 7.51 Å². The summed E-state index contributed by atoms with van der Waals surface area (Å²) in [5, 5.41) is 0. The van der Waals surface area contributed by atoms with Gasteiger partial charge in [-0.3, -0.25) is 0 Å². The van der Waals surface area contributed by atoms with E-state index in [0.29, 0.717) is 39.6 Å². The zero-order chi connectivity index (χ0) is 16.9. The van der Waals surface area contributed by atoms with Gasteiger partial charge in [0.25, 0.3) is 6.78 Å². The summed E-state index contributed by atoms with van der Waals surface area (Å²) in [6.45, 7) is 1.18. The summed E-state index contributed by atoms with van der Waals surface area (Å²) in [6, 6.07) is 0. The molecule has 0 aliphatic heterocycles. The predicted octanol–water partition coefficient (Wildman–Crippen LogP) is 3.45. The molecular weight excluding hydrogens is 354 g/mol. The van der Waals surface area contributed by atoms with E-state index in [1.54, 1.807) is 35.0 Å². The SMILES string of the molecule is CN=P(Cl)(N=P(C)(OCCOC)OCCOC)OCCOC. The number of methoxy groups -OCH3 is 3. The average molecular weight is 381 g/mol. The highest BCUT2D eigenvalue weighted by atomic mass is 35.7. The van der Waals surface area contributed by atoms with Crippen LogP contribution in [0.15, 0.2) is 9.26 Å². The molecule has 0 aromatic rings. The van der Waals surface area contributed by atoms with Gasteiger partial charge >= 0.3 is 0 Å². The van der Waals surface area contributed by atoms with Crippen molar-refractivity contribution in [1.82, 2.24) is 0 Å². The zero-order valence-corrected chi connectivity index (χ0v) is 16.4. The quantitative estimate of drug-likeness (QED) is 0.359. The van der Waals surface area contributed by atoms with Crippen LogP contribution in [0.3, 0.4) is 0 Å². The molecule has 0 fully saturated rings. The van der Waals surface area contributed by atoms with Gasteiger partial charge in [0.15, 0.2) is 0 Å². The number of nitrogens with zero attached hydrogens (tertiary/aromatic N) is 2. The largest absolute Gasteiger partial charge is 0.382 e. The lowest BCUT2D eigenvalue weighted by atomic mass is 10.8. The number of halogens is 1. The number of ether oxygens (including phenoxy) is 3. The summed E-state index contributed by atoms with van der Waals surface area (Å²) in [7, 11) is 3.74. The highest BCUT2D eigenvalue weighted by molar-refractivity contribution is 7.89. The van der Waals surface area contributed by atoms with Crippen molar-refractivity contribution in [3.63, 3.8) is 0 Å². The Morgan fingerprint density at radius 3 is 1.55 bits per heavy atom. The van der Waals surface area contributed by atoms with E-state index < -0.39 is 14.3 Å². The molecule has 0 radical (unpaired) electrons. The molecule has 22 heavy (non-hydrogen) atoms. The topological polar surface area (TPSA) is 80.1 Å². The maximum Gasteiger partial charge on any atom is 0.292 e. The van der Waals surface area contributed by atoms with Crippen LogP contribution in [0.1, 0.15) is 0 Å². The summed E-state index contributed by atoms with van der Waals surface area (Å²) in [4.78, 5) is 0. The first-order chi connectivity index (χ1) is 10.4. The maximum absolute atomic E-state index is 6.37. The van der Waals surface area contributed by atoms with Gasteiger partial charge in [0.1, 0.15) is 0 Å². The minimum atomic E-state index is -2.84. The van der Waals surface area contributed by atoms with Gasteiger partial charge in [-0.1, -0.05) is 0 Å². The molecule has 0 aromatic heterocycles. The Kier molecular flexibility index (Phi) is 13.2. The molecule has 0 aliphatic carbocycles. The second kappa shape index (κ2) is 12.9. The van der Waals surface area contributed by atoms with Gasteiger partial charge in [-0.15, -0.1) is 0 Å². The monoisotopic (exact) mass is 380 g/mol. The molecule has 0 aliphatic rings. The minimum Gasteiger partial charge on any atom is -0.382 e. The van der Waals surface area contributed by atoms with E-state index in [-0.39, 0.29) is 0 Å². The molecule has 0 N–H and O–H groups in total. The zero-order valence-electron chi connectivity index (χ0n) is 13.9. The fraction of sp³-hybridized carbons (Fsp3) is 1.00. The van der Waals surface area contributed by atoms with E-state index >= 15 is 0 Å². The maximum atomic E-state index is 6.37. The Morgan fingerprint density at radius 1 is 0.773 bits per heavy atom. The van der Waals surface area contributed by atoms with Crippen molar-refractivity contribution in [1.29, 1.82) is 0 Å². The first-order valence-corrected chi connectivity index (χ1v) is 11.2. The van der Waals surface area contributed by atoms with Gasteiger partial charge in [0, 0.05) is 35.0 Å². The van der Waals surface area contributed by atoms with Gasteiger partial charge in [-0.05, 0) is 11.2 Å². The Balaban J connectivity index is 5.05. The van der Waals surface area contributed by atoms with E-state index in [1.165, 1.54) is 0 Å². The molecule has 134 valence electrons. The fourth-order valence-electron chi connectivity index (χ4n) is 1.23. The second-order valence-corrected chi connectivity index (χ2v) is 9.81. The van der Waals surface area contributed by atoms with Crippen LogP contribution in [0, 0.1) is 0 Å². The Hall–Kier alpha value is 0.510. The Bertz CT molecular complexity index is 383. The molecule has 0 bridgehead atoms. The summed E-state index contributed by atoms with van der Waals surface area (Å²) >= 11 is 6.37. The Labute approximate surface area is 137 Å². The summed E-state index contributed by atoms with van der Waals surface area (Å²) < 4.78 is 40.4. The predicted molar refractivity (Wildman–Crippen MR) is 89.9 cm³/mol. The van der Waals surface area contributed by atoms with Gasteiger partial charge in [-0.2, -0.15) is 4.52 Å². The van der Waals surface area contributed by atoms with Crippen molar-refractivity contribution in [2.24, 2.45) is 9.26 Å². The lowest BCUT2D eigenvalue weighted by Crippen LogP contribution is -2.06. The van der Waals surface area contributed by atoms with Crippen LogP contribution in [0.25, 0.3) is 0 Å². The van der Waals surface area contributed by atoms with Crippen molar-refractivity contribution >= 4 is 25.5 Å². The van der Waals surface area contributed by atoms with Crippen LogP contribution in [0.2, 0.25) is 0 Å². The van der Waals surface area contributed by atoms with Crippen molar-refractivity contribution < 1.29 is 27.8 Å². The van der Waals surface area contributed by atoms with E-state index in [2.05, 4.69) is 9.26 Å². The fourth-order valence-corrected chi connectivity index (χ4v) is 6.41. The molecule has 0 saturated heterocycles. The third-order valence-corrected chi connectivity index (χ3v) is 8.16. The van der Waals surface area contributed by atoms with E-state index in [9.17, 15) is 0 Å². The molecule has 0 saturated carbocycles. The summed E-state index contributed by atoms with van der Waals surface area (Å²) in [5.74, 6) is 0. The van der Waals surface area contributed by atoms with Crippen LogP contribution in [-0.4, -0.2) is 74.7 Å². The normalized spacial score (nSPS) is 14.6. The summed E-state index contributed by atoms with van der Waals surface area (Å²) in [5.41, 5.74) is 0. The van der Waals surface area contributed by atoms with Crippen LogP contribution in [-0.2, 0) is 27.8 Å². The van der Waals surface area contributed by atoms with E-state index in [4.69, 9.17) is 39.0 Å². The smallest absolute Gasteiger partial charge is 0.292 e. The van der Waals surface area contributed by atoms with E-state index in [0.717, 1.165) is 0 Å². The standard InChI is InChI=1S/C11H27ClN2O6P2/c1-13-22(12,20-11-8-17-4)14-21(5,18-9-6-15-2)19-10-7-16-3/h6-11H2,1-5H3. The van der Waals surface area contributed by atoms with Crippen molar-refractivity contribution in [3.05, 3.63) is 0 Å².